The van der Waals surface area contributed by atoms with Crippen LogP contribution in [0.1, 0.15) is 50.5 Å². The minimum atomic E-state index is -0.0508. The Kier molecular flexibility index (Phi) is 7.96. The van der Waals surface area contributed by atoms with E-state index in [4.69, 9.17) is 17.0 Å². The fraction of sp³-hybridized carbons (Fsp3) is 0.500. The van der Waals surface area contributed by atoms with Crippen LogP contribution >= 0.6 is 39.9 Å². The van der Waals surface area contributed by atoms with Gasteiger partial charge >= 0.3 is 0 Å². The molecule has 2 saturated heterocycles. The first-order chi connectivity index (χ1) is 17.0. The maximum atomic E-state index is 13.2. The minimum Gasteiger partial charge on any atom is -0.376 e. The van der Waals surface area contributed by atoms with Crippen molar-refractivity contribution in [2.45, 2.75) is 57.6 Å². The monoisotopic (exact) mass is 575 g/mol. The van der Waals surface area contributed by atoms with Gasteiger partial charge < -0.3 is 14.6 Å². The Balaban J connectivity index is 1.32. The van der Waals surface area contributed by atoms with E-state index >= 15 is 0 Å². The number of thioether (sulfide) groups is 1. The standard InChI is InChI=1S/C26H30BrN3O3S2/c27-19-7-8-22-21(13-19)18(15-29(22)16-24(31)28-14-20-6-3-11-33-20)12-23-25(32)30(26(34)35-23)10-9-17-4-1-2-5-17/h7-8,12-13,15,17,20H,1-6,9-11,14,16H2,(H,28,31)/b23-12-/t20-/m1/s1. The highest BCUT2D eigenvalue weighted by Gasteiger charge is 2.32. The summed E-state index contributed by atoms with van der Waals surface area (Å²) in [5, 5.41) is 3.98. The molecular weight excluding hydrogens is 546 g/mol. The Labute approximate surface area is 223 Å². The van der Waals surface area contributed by atoms with Crippen LogP contribution in [0, 0.1) is 5.92 Å². The van der Waals surface area contributed by atoms with E-state index in [2.05, 4.69) is 21.2 Å². The highest BCUT2D eigenvalue weighted by Crippen LogP contribution is 2.36. The molecule has 1 aliphatic carbocycles. The van der Waals surface area contributed by atoms with Crippen LogP contribution in [-0.2, 0) is 20.9 Å². The molecule has 1 atom stereocenters. The predicted molar refractivity (Wildman–Crippen MR) is 148 cm³/mol. The highest BCUT2D eigenvalue weighted by atomic mass is 79.9. The molecule has 1 saturated carbocycles. The van der Waals surface area contributed by atoms with Gasteiger partial charge in [-0.15, -0.1) is 0 Å². The molecular formula is C26H30BrN3O3S2. The SMILES string of the molecule is O=C(Cn1cc(/C=C2\SC(=S)N(CCC3CCCC3)C2=O)c2cc(Br)ccc21)NC[C@H]1CCCO1. The molecule has 6 nitrogen and oxygen atoms in total. The molecule has 5 rings (SSSR count). The summed E-state index contributed by atoms with van der Waals surface area (Å²) in [4.78, 5) is 28.2. The molecule has 1 aromatic heterocycles. The van der Waals surface area contributed by atoms with Crippen LogP contribution in [0.2, 0.25) is 0 Å². The second-order valence-corrected chi connectivity index (χ2v) is 12.2. The number of carbonyl (C=O) groups excluding carboxylic acids is 2. The largest absolute Gasteiger partial charge is 0.376 e. The van der Waals surface area contributed by atoms with Gasteiger partial charge in [0.1, 0.15) is 10.9 Å². The Hall–Kier alpha value is -1.68. The lowest BCUT2D eigenvalue weighted by Gasteiger charge is -2.17. The Morgan fingerprint density at radius 2 is 2.09 bits per heavy atom. The number of nitrogens with zero attached hydrogens (tertiary/aromatic N) is 2. The fourth-order valence-corrected chi connectivity index (χ4v) is 6.89. The molecule has 0 radical (unpaired) electrons. The van der Waals surface area contributed by atoms with E-state index in [0.29, 0.717) is 28.2 Å². The van der Waals surface area contributed by atoms with Crippen LogP contribution < -0.4 is 5.32 Å². The lowest BCUT2D eigenvalue weighted by molar-refractivity contribution is -0.123. The smallest absolute Gasteiger partial charge is 0.266 e. The van der Waals surface area contributed by atoms with Gasteiger partial charge in [-0.2, -0.15) is 0 Å². The number of carbonyl (C=O) groups is 2. The maximum absolute atomic E-state index is 13.2. The number of fused-ring (bicyclic) bond motifs is 1. The molecule has 3 aliphatic rings. The summed E-state index contributed by atoms with van der Waals surface area (Å²) in [5.41, 5.74) is 1.85. The second kappa shape index (κ2) is 11.2. The Morgan fingerprint density at radius 3 is 2.86 bits per heavy atom. The van der Waals surface area contributed by atoms with Crippen molar-refractivity contribution >= 4 is 73.0 Å². The summed E-state index contributed by atoms with van der Waals surface area (Å²) < 4.78 is 9.13. The van der Waals surface area contributed by atoms with Crippen LogP contribution in [0.15, 0.2) is 33.8 Å². The van der Waals surface area contributed by atoms with Gasteiger partial charge in [0, 0.05) is 46.8 Å². The number of nitrogens with one attached hydrogen (secondary N) is 1. The predicted octanol–water partition coefficient (Wildman–Crippen LogP) is 5.48. The molecule has 1 N–H and O–H groups in total. The number of rotatable bonds is 8. The third-order valence-corrected chi connectivity index (χ3v) is 9.01. The number of amides is 2. The summed E-state index contributed by atoms with van der Waals surface area (Å²) in [6.07, 6.45) is 12.2. The lowest BCUT2D eigenvalue weighted by atomic mass is 10.0. The highest BCUT2D eigenvalue weighted by molar-refractivity contribution is 9.10. The van der Waals surface area contributed by atoms with Crippen LogP contribution in [0.5, 0.6) is 0 Å². The third kappa shape index (κ3) is 5.84. The van der Waals surface area contributed by atoms with Crippen molar-refractivity contribution in [3.05, 3.63) is 39.3 Å². The number of benzene rings is 1. The summed E-state index contributed by atoms with van der Waals surface area (Å²) in [5.74, 6) is 0.652. The van der Waals surface area contributed by atoms with E-state index < -0.39 is 0 Å². The van der Waals surface area contributed by atoms with Gasteiger partial charge in [-0.1, -0.05) is 65.6 Å². The van der Waals surface area contributed by atoms with Crippen molar-refractivity contribution in [1.82, 2.24) is 14.8 Å². The molecule has 9 heteroatoms. The van der Waals surface area contributed by atoms with Crippen molar-refractivity contribution in [2.24, 2.45) is 5.92 Å². The van der Waals surface area contributed by atoms with Gasteiger partial charge in [0.25, 0.3) is 5.91 Å². The van der Waals surface area contributed by atoms with Gasteiger partial charge in [-0.3, -0.25) is 14.5 Å². The van der Waals surface area contributed by atoms with Gasteiger partial charge in [-0.25, -0.2) is 0 Å². The fourth-order valence-electron chi connectivity index (χ4n) is 5.23. The van der Waals surface area contributed by atoms with Crippen molar-refractivity contribution in [2.75, 3.05) is 19.7 Å². The zero-order valence-corrected chi connectivity index (χ0v) is 22.9. The topological polar surface area (TPSA) is 63.6 Å². The van der Waals surface area contributed by atoms with Crippen LogP contribution in [0.4, 0.5) is 0 Å². The first kappa shape index (κ1) is 25.0. The molecule has 3 heterocycles. The zero-order chi connectivity index (χ0) is 24.4. The zero-order valence-electron chi connectivity index (χ0n) is 19.6. The molecule has 3 fully saturated rings. The summed E-state index contributed by atoms with van der Waals surface area (Å²) in [7, 11) is 0. The van der Waals surface area contributed by atoms with E-state index in [1.807, 2.05) is 35.0 Å². The summed E-state index contributed by atoms with van der Waals surface area (Å²) in [6.45, 7) is 2.22. The van der Waals surface area contributed by atoms with E-state index in [-0.39, 0.29) is 24.5 Å². The van der Waals surface area contributed by atoms with Gasteiger partial charge in [0.05, 0.1) is 11.0 Å². The molecule has 186 valence electrons. The Morgan fingerprint density at radius 1 is 1.26 bits per heavy atom. The molecule has 2 aliphatic heterocycles. The minimum absolute atomic E-state index is 0.0109. The molecule has 0 unspecified atom stereocenters. The van der Waals surface area contributed by atoms with E-state index in [9.17, 15) is 9.59 Å². The van der Waals surface area contributed by atoms with Gasteiger partial charge in [0.2, 0.25) is 5.91 Å². The van der Waals surface area contributed by atoms with Crippen LogP contribution in [0.3, 0.4) is 0 Å². The quantitative estimate of drug-likeness (QED) is 0.333. The van der Waals surface area contributed by atoms with Crippen molar-refractivity contribution < 1.29 is 14.3 Å². The van der Waals surface area contributed by atoms with Crippen molar-refractivity contribution in [1.29, 1.82) is 0 Å². The number of hydrogen-bond donors (Lipinski definition) is 1. The molecule has 35 heavy (non-hydrogen) atoms. The molecule has 0 spiro atoms. The first-order valence-electron chi connectivity index (χ1n) is 12.4. The third-order valence-electron chi connectivity index (χ3n) is 7.13. The van der Waals surface area contributed by atoms with Crippen molar-refractivity contribution in [3.8, 4) is 0 Å². The summed E-state index contributed by atoms with van der Waals surface area (Å²) in [6, 6.07) is 6.00. The maximum Gasteiger partial charge on any atom is 0.266 e. The number of thiocarbonyl (C=S) groups is 1. The molecule has 2 amide bonds. The number of ether oxygens (including phenoxy) is 1. The Bertz CT molecular complexity index is 1170. The van der Waals surface area contributed by atoms with Crippen molar-refractivity contribution in [3.63, 3.8) is 0 Å². The van der Waals surface area contributed by atoms with E-state index in [1.165, 1.54) is 37.4 Å². The summed E-state index contributed by atoms with van der Waals surface area (Å²) >= 11 is 10.5. The van der Waals surface area contributed by atoms with E-state index in [1.54, 1.807) is 4.90 Å². The second-order valence-electron chi connectivity index (χ2n) is 9.59. The first-order valence-corrected chi connectivity index (χ1v) is 14.4. The lowest BCUT2D eigenvalue weighted by Crippen LogP contribution is -2.34. The molecule has 0 bridgehead atoms. The number of hydrogen-bond acceptors (Lipinski definition) is 5. The van der Waals surface area contributed by atoms with Gasteiger partial charge in [0.15, 0.2) is 0 Å². The average molecular weight is 577 g/mol. The normalized spacial score (nSPS) is 22.3. The average Bonchev–Trinajstić information content (AvgIpc) is 3.63. The number of halogens is 1. The molecule has 2 aromatic rings. The van der Waals surface area contributed by atoms with Gasteiger partial charge in [-0.05, 0) is 49.5 Å². The molecule has 1 aromatic carbocycles. The van der Waals surface area contributed by atoms with E-state index in [0.717, 1.165) is 46.8 Å². The van der Waals surface area contributed by atoms with Crippen LogP contribution in [0.25, 0.3) is 17.0 Å². The number of aromatic nitrogens is 1. The van der Waals surface area contributed by atoms with Crippen LogP contribution in [-0.4, -0.2) is 51.4 Å².